The van der Waals surface area contributed by atoms with Crippen LogP contribution in [0.1, 0.15) is 5.56 Å². The highest BCUT2D eigenvalue weighted by Crippen LogP contribution is 2.49. The molecule has 0 aliphatic carbocycles. The van der Waals surface area contributed by atoms with Crippen LogP contribution in [0.25, 0.3) is 17.2 Å². The standard InChI is InChI=1S/C15H6Cl5FO2/c16-11-10(12(17)14(19)15(20)13(11)18)7-2-1-3-8(21)6(7)4-5-9(22)23/h1-5H,(H,22,23)/b5-4+. The first-order valence-corrected chi connectivity index (χ1v) is 7.86. The average Bonchev–Trinajstić information content (AvgIpc) is 2.50. The van der Waals surface area contributed by atoms with Gasteiger partial charge in [-0.25, -0.2) is 9.18 Å². The summed E-state index contributed by atoms with van der Waals surface area (Å²) in [4.78, 5) is 10.7. The van der Waals surface area contributed by atoms with Crippen molar-refractivity contribution < 1.29 is 14.3 Å². The predicted octanol–water partition coefficient (Wildman–Crippen LogP) is 6.86. The first-order valence-electron chi connectivity index (χ1n) is 5.97. The van der Waals surface area contributed by atoms with E-state index in [0.29, 0.717) is 0 Å². The van der Waals surface area contributed by atoms with Gasteiger partial charge in [-0.1, -0.05) is 70.1 Å². The Kier molecular flexibility index (Phi) is 5.82. The van der Waals surface area contributed by atoms with E-state index in [1.807, 2.05) is 0 Å². The van der Waals surface area contributed by atoms with Crippen LogP contribution in [-0.2, 0) is 4.79 Å². The fraction of sp³-hybridized carbons (Fsp3) is 0. The number of hydrogen-bond donors (Lipinski definition) is 1. The zero-order valence-corrected chi connectivity index (χ0v) is 14.8. The fourth-order valence-electron chi connectivity index (χ4n) is 1.92. The van der Waals surface area contributed by atoms with Crippen molar-refractivity contribution in [2.75, 3.05) is 0 Å². The zero-order valence-electron chi connectivity index (χ0n) is 11.0. The summed E-state index contributed by atoms with van der Waals surface area (Å²) in [5, 5.41) is 8.63. The Morgan fingerprint density at radius 1 is 0.957 bits per heavy atom. The molecule has 0 atom stereocenters. The minimum Gasteiger partial charge on any atom is -0.478 e. The topological polar surface area (TPSA) is 37.3 Å². The monoisotopic (exact) mass is 412 g/mol. The highest BCUT2D eigenvalue weighted by Gasteiger charge is 2.22. The molecule has 120 valence electrons. The summed E-state index contributed by atoms with van der Waals surface area (Å²) in [6, 6.07) is 4.11. The fourth-order valence-corrected chi connectivity index (χ4v) is 3.26. The van der Waals surface area contributed by atoms with Crippen molar-refractivity contribution in [3.05, 3.63) is 60.8 Å². The van der Waals surface area contributed by atoms with E-state index in [1.165, 1.54) is 18.2 Å². The highest BCUT2D eigenvalue weighted by molar-refractivity contribution is 6.56. The van der Waals surface area contributed by atoms with Crippen molar-refractivity contribution >= 4 is 70.1 Å². The molecule has 0 fully saturated rings. The van der Waals surface area contributed by atoms with Crippen LogP contribution in [0, 0.1) is 5.82 Å². The molecule has 0 amide bonds. The molecule has 0 unspecified atom stereocenters. The number of aliphatic carboxylic acids is 1. The van der Waals surface area contributed by atoms with Crippen LogP contribution >= 0.6 is 58.0 Å². The Morgan fingerprint density at radius 3 is 2.00 bits per heavy atom. The van der Waals surface area contributed by atoms with Gasteiger partial charge in [0.1, 0.15) is 5.82 Å². The minimum atomic E-state index is -1.23. The summed E-state index contributed by atoms with van der Waals surface area (Å²) in [5.74, 6) is -1.89. The van der Waals surface area contributed by atoms with Crippen LogP contribution in [-0.4, -0.2) is 11.1 Å². The van der Waals surface area contributed by atoms with Gasteiger partial charge in [0.15, 0.2) is 0 Å². The molecule has 0 saturated carbocycles. The third-order valence-electron chi connectivity index (χ3n) is 2.92. The second-order valence-electron chi connectivity index (χ2n) is 4.32. The molecule has 2 nitrogen and oxygen atoms in total. The molecule has 0 aliphatic rings. The molecule has 0 bridgehead atoms. The van der Waals surface area contributed by atoms with Gasteiger partial charge in [-0.15, -0.1) is 0 Å². The largest absolute Gasteiger partial charge is 0.478 e. The van der Waals surface area contributed by atoms with Gasteiger partial charge in [0.05, 0.1) is 25.1 Å². The Labute approximate surface area is 156 Å². The molecule has 23 heavy (non-hydrogen) atoms. The van der Waals surface area contributed by atoms with E-state index in [1.54, 1.807) is 0 Å². The van der Waals surface area contributed by atoms with E-state index >= 15 is 0 Å². The Hall–Kier alpha value is -0.970. The summed E-state index contributed by atoms with van der Waals surface area (Å²) < 4.78 is 14.1. The van der Waals surface area contributed by atoms with Crippen LogP contribution in [0.5, 0.6) is 0 Å². The van der Waals surface area contributed by atoms with Gasteiger partial charge in [0.2, 0.25) is 0 Å². The maximum atomic E-state index is 14.1. The van der Waals surface area contributed by atoms with Gasteiger partial charge in [0.25, 0.3) is 0 Å². The predicted molar refractivity (Wildman–Crippen MR) is 93.6 cm³/mol. The lowest BCUT2D eigenvalue weighted by Gasteiger charge is -2.15. The van der Waals surface area contributed by atoms with Gasteiger partial charge >= 0.3 is 5.97 Å². The van der Waals surface area contributed by atoms with Crippen molar-refractivity contribution in [1.82, 2.24) is 0 Å². The van der Waals surface area contributed by atoms with Crippen molar-refractivity contribution in [1.29, 1.82) is 0 Å². The first-order chi connectivity index (χ1) is 10.8. The van der Waals surface area contributed by atoms with Crippen LogP contribution in [0.2, 0.25) is 25.1 Å². The van der Waals surface area contributed by atoms with E-state index in [0.717, 1.165) is 12.2 Å². The molecule has 8 heteroatoms. The number of hydrogen-bond acceptors (Lipinski definition) is 1. The maximum absolute atomic E-state index is 14.1. The van der Waals surface area contributed by atoms with Crippen molar-refractivity contribution in [2.45, 2.75) is 0 Å². The molecular weight excluding hydrogens is 408 g/mol. The normalized spacial score (nSPS) is 11.2. The highest BCUT2D eigenvalue weighted by atomic mass is 35.5. The molecule has 0 spiro atoms. The Morgan fingerprint density at radius 2 is 1.48 bits per heavy atom. The van der Waals surface area contributed by atoms with E-state index in [4.69, 9.17) is 63.1 Å². The summed E-state index contributed by atoms with van der Waals surface area (Å²) in [6.45, 7) is 0. The summed E-state index contributed by atoms with van der Waals surface area (Å²) in [5.41, 5.74) is 0.378. The molecular formula is C15H6Cl5FO2. The van der Waals surface area contributed by atoms with Gasteiger partial charge in [-0.3, -0.25) is 0 Å². The summed E-state index contributed by atoms with van der Waals surface area (Å²) >= 11 is 30.3. The summed E-state index contributed by atoms with van der Waals surface area (Å²) in [7, 11) is 0. The number of halogens is 6. The molecule has 2 aromatic rings. The van der Waals surface area contributed by atoms with Gasteiger partial charge in [-0.2, -0.15) is 0 Å². The number of benzene rings is 2. The maximum Gasteiger partial charge on any atom is 0.328 e. The van der Waals surface area contributed by atoms with Gasteiger partial charge in [-0.05, 0) is 17.7 Å². The van der Waals surface area contributed by atoms with E-state index in [-0.39, 0.29) is 41.8 Å². The molecule has 0 heterocycles. The molecule has 0 radical (unpaired) electrons. The quantitative estimate of drug-likeness (QED) is 0.338. The van der Waals surface area contributed by atoms with Crippen LogP contribution < -0.4 is 0 Å². The molecule has 0 aromatic heterocycles. The number of carboxylic acids is 1. The van der Waals surface area contributed by atoms with E-state index < -0.39 is 11.8 Å². The third kappa shape index (κ3) is 3.59. The molecule has 0 aliphatic heterocycles. The number of rotatable bonds is 3. The van der Waals surface area contributed by atoms with Crippen LogP contribution in [0.4, 0.5) is 4.39 Å². The lowest BCUT2D eigenvalue weighted by Crippen LogP contribution is -1.94. The SMILES string of the molecule is O=C(O)/C=C/c1c(F)cccc1-c1c(Cl)c(Cl)c(Cl)c(Cl)c1Cl. The van der Waals surface area contributed by atoms with E-state index in [9.17, 15) is 9.18 Å². The molecule has 0 saturated heterocycles. The van der Waals surface area contributed by atoms with Crippen molar-refractivity contribution in [3.63, 3.8) is 0 Å². The Bertz CT molecular complexity index is 804. The Balaban J connectivity index is 2.84. The third-order valence-corrected chi connectivity index (χ3v) is 5.20. The second kappa shape index (κ2) is 7.29. The average molecular weight is 414 g/mol. The zero-order chi connectivity index (χ0) is 17.3. The molecule has 1 N–H and O–H groups in total. The van der Waals surface area contributed by atoms with Gasteiger partial charge in [0, 0.05) is 17.2 Å². The van der Waals surface area contributed by atoms with Crippen LogP contribution in [0.3, 0.4) is 0 Å². The van der Waals surface area contributed by atoms with E-state index in [2.05, 4.69) is 0 Å². The van der Waals surface area contributed by atoms with Crippen LogP contribution in [0.15, 0.2) is 24.3 Å². The van der Waals surface area contributed by atoms with Crippen molar-refractivity contribution in [2.24, 2.45) is 0 Å². The first kappa shape index (κ1) is 18.4. The number of carboxylic acid groups (broad SMARTS) is 1. The smallest absolute Gasteiger partial charge is 0.328 e. The molecule has 2 aromatic carbocycles. The molecule has 2 rings (SSSR count). The summed E-state index contributed by atoms with van der Waals surface area (Å²) in [6.07, 6.45) is 1.89. The van der Waals surface area contributed by atoms with Gasteiger partial charge < -0.3 is 5.11 Å². The van der Waals surface area contributed by atoms with Crippen molar-refractivity contribution in [3.8, 4) is 11.1 Å². The lowest BCUT2D eigenvalue weighted by atomic mass is 9.98. The number of carbonyl (C=O) groups is 1. The lowest BCUT2D eigenvalue weighted by molar-refractivity contribution is -0.131. The second-order valence-corrected chi connectivity index (χ2v) is 6.21. The minimum absolute atomic E-state index is 0.0124.